The quantitative estimate of drug-likeness (QED) is 0.713. The van der Waals surface area contributed by atoms with Gasteiger partial charge in [0.25, 0.3) is 0 Å². The Morgan fingerprint density at radius 3 is 2.84 bits per heavy atom. The van der Waals surface area contributed by atoms with E-state index in [4.69, 9.17) is 10.2 Å². The molecule has 4 heteroatoms. The molecule has 0 amide bonds. The van der Waals surface area contributed by atoms with Gasteiger partial charge in [-0.25, -0.2) is 4.98 Å². The summed E-state index contributed by atoms with van der Waals surface area (Å²) in [6.45, 7) is 2.12. The van der Waals surface area contributed by atoms with E-state index in [1.54, 1.807) is 0 Å². The first-order chi connectivity index (χ1) is 9.17. The number of hydrogen-bond donors (Lipinski definition) is 1. The van der Waals surface area contributed by atoms with Crippen LogP contribution in [0.3, 0.4) is 0 Å². The fourth-order valence-corrected chi connectivity index (χ4v) is 2.38. The Labute approximate surface area is 119 Å². The lowest BCUT2D eigenvalue weighted by Gasteiger charge is -2.01. The van der Waals surface area contributed by atoms with Gasteiger partial charge in [-0.3, -0.25) is 0 Å². The van der Waals surface area contributed by atoms with Crippen LogP contribution in [0.25, 0.3) is 22.6 Å². The Hall–Kier alpha value is -1.81. The number of fused-ring (bicyclic) bond motifs is 1. The second-order valence-corrected chi connectivity index (χ2v) is 5.32. The number of nitrogens with zero attached hydrogens (tertiary/aromatic N) is 1. The summed E-state index contributed by atoms with van der Waals surface area (Å²) < 4.78 is 6.73. The van der Waals surface area contributed by atoms with Crippen molar-refractivity contribution in [3.05, 3.63) is 46.4 Å². The van der Waals surface area contributed by atoms with Crippen LogP contribution < -0.4 is 5.73 Å². The number of aromatic nitrogens is 1. The van der Waals surface area contributed by atoms with Crippen molar-refractivity contribution >= 4 is 32.7 Å². The third-order valence-corrected chi connectivity index (χ3v) is 3.60. The van der Waals surface area contributed by atoms with Gasteiger partial charge in [0.05, 0.1) is 5.56 Å². The van der Waals surface area contributed by atoms with Gasteiger partial charge in [0.2, 0.25) is 5.89 Å². The zero-order valence-corrected chi connectivity index (χ0v) is 12.1. The molecule has 3 aromatic rings. The molecule has 1 heterocycles. The lowest BCUT2D eigenvalue weighted by atomic mass is 10.1. The summed E-state index contributed by atoms with van der Waals surface area (Å²) in [6, 6.07) is 11.7. The molecule has 19 heavy (non-hydrogen) atoms. The van der Waals surface area contributed by atoms with Crippen molar-refractivity contribution in [3.63, 3.8) is 0 Å². The molecule has 0 saturated heterocycles. The summed E-state index contributed by atoms with van der Waals surface area (Å²) in [5.41, 5.74) is 10.3. The third kappa shape index (κ3) is 2.24. The normalized spacial score (nSPS) is 11.1. The molecule has 1 aromatic heterocycles. The van der Waals surface area contributed by atoms with Crippen LogP contribution in [0, 0.1) is 0 Å². The van der Waals surface area contributed by atoms with Gasteiger partial charge in [0.15, 0.2) is 5.58 Å². The molecule has 0 atom stereocenters. The lowest BCUT2D eigenvalue weighted by Crippen LogP contribution is -1.89. The van der Waals surface area contributed by atoms with Gasteiger partial charge in [-0.2, -0.15) is 0 Å². The largest absolute Gasteiger partial charge is 0.436 e. The molecular formula is C15H13BrN2O. The molecule has 2 aromatic carbocycles. The third-order valence-electron chi connectivity index (χ3n) is 3.11. The van der Waals surface area contributed by atoms with E-state index in [9.17, 15) is 0 Å². The Morgan fingerprint density at radius 2 is 2.05 bits per heavy atom. The summed E-state index contributed by atoms with van der Waals surface area (Å²) in [5.74, 6) is 0.557. The van der Waals surface area contributed by atoms with Gasteiger partial charge in [-0.15, -0.1) is 0 Å². The Balaban J connectivity index is 2.17. The molecule has 0 aliphatic rings. The highest BCUT2D eigenvalue weighted by Crippen LogP contribution is 2.31. The molecular weight excluding hydrogens is 304 g/mol. The minimum atomic E-state index is 0.557. The second-order valence-electron chi connectivity index (χ2n) is 4.41. The van der Waals surface area contributed by atoms with Crippen molar-refractivity contribution in [2.24, 2.45) is 0 Å². The van der Waals surface area contributed by atoms with Gasteiger partial charge in [0.1, 0.15) is 5.52 Å². The van der Waals surface area contributed by atoms with Crippen molar-refractivity contribution in [2.75, 3.05) is 5.73 Å². The lowest BCUT2D eigenvalue weighted by molar-refractivity contribution is 0.620. The zero-order valence-electron chi connectivity index (χ0n) is 10.5. The second kappa shape index (κ2) is 4.70. The Kier molecular flexibility index (Phi) is 3.03. The van der Waals surface area contributed by atoms with Gasteiger partial charge in [-0.05, 0) is 42.3 Å². The number of benzene rings is 2. The number of oxazole rings is 1. The van der Waals surface area contributed by atoms with E-state index in [-0.39, 0.29) is 0 Å². The van der Waals surface area contributed by atoms with Crippen LogP contribution in [-0.4, -0.2) is 4.98 Å². The Morgan fingerprint density at radius 1 is 1.21 bits per heavy atom. The van der Waals surface area contributed by atoms with Gasteiger partial charge >= 0.3 is 0 Å². The van der Waals surface area contributed by atoms with Crippen LogP contribution in [0.5, 0.6) is 0 Å². The van der Waals surface area contributed by atoms with Gasteiger partial charge < -0.3 is 10.2 Å². The average molecular weight is 317 g/mol. The zero-order chi connectivity index (χ0) is 13.4. The fraction of sp³-hybridized carbons (Fsp3) is 0.133. The molecule has 96 valence electrons. The number of nitrogen functional groups attached to an aromatic ring is 1. The number of rotatable bonds is 2. The van der Waals surface area contributed by atoms with Crippen LogP contribution >= 0.6 is 15.9 Å². The van der Waals surface area contributed by atoms with Crippen molar-refractivity contribution in [2.45, 2.75) is 13.3 Å². The number of aryl methyl sites for hydroxylation is 1. The first-order valence-electron chi connectivity index (χ1n) is 6.12. The van der Waals surface area contributed by atoms with Crippen molar-refractivity contribution < 1.29 is 4.42 Å². The van der Waals surface area contributed by atoms with Gasteiger partial charge in [0, 0.05) is 10.2 Å². The van der Waals surface area contributed by atoms with Crippen molar-refractivity contribution in [3.8, 4) is 11.5 Å². The first-order valence-corrected chi connectivity index (χ1v) is 6.91. The van der Waals surface area contributed by atoms with E-state index in [1.165, 1.54) is 5.56 Å². The SMILES string of the molecule is CCc1ccc2oc(-c3cc(Br)ccc3N)nc2c1. The van der Waals surface area contributed by atoms with E-state index in [1.807, 2.05) is 24.3 Å². The molecule has 3 nitrogen and oxygen atoms in total. The van der Waals surface area contributed by atoms with E-state index >= 15 is 0 Å². The van der Waals surface area contributed by atoms with Crippen LogP contribution in [0.2, 0.25) is 0 Å². The average Bonchev–Trinajstić information content (AvgIpc) is 2.83. The summed E-state index contributed by atoms with van der Waals surface area (Å²) in [6.07, 6.45) is 0.983. The first kappa shape index (κ1) is 12.2. The molecule has 3 rings (SSSR count). The van der Waals surface area contributed by atoms with E-state index < -0.39 is 0 Å². The molecule has 0 saturated carbocycles. The highest BCUT2D eigenvalue weighted by atomic mass is 79.9. The van der Waals surface area contributed by atoms with E-state index in [0.717, 1.165) is 27.6 Å². The van der Waals surface area contributed by atoms with Crippen molar-refractivity contribution in [1.82, 2.24) is 4.98 Å². The summed E-state index contributed by atoms with van der Waals surface area (Å²) >= 11 is 3.44. The maximum absolute atomic E-state index is 5.98. The maximum atomic E-state index is 5.98. The minimum Gasteiger partial charge on any atom is -0.436 e. The molecule has 0 bridgehead atoms. The number of hydrogen-bond acceptors (Lipinski definition) is 3. The monoisotopic (exact) mass is 316 g/mol. The highest BCUT2D eigenvalue weighted by molar-refractivity contribution is 9.10. The predicted molar refractivity (Wildman–Crippen MR) is 80.9 cm³/mol. The molecule has 0 fully saturated rings. The van der Waals surface area contributed by atoms with E-state index in [0.29, 0.717) is 11.6 Å². The summed E-state index contributed by atoms with van der Waals surface area (Å²) in [4.78, 5) is 4.53. The number of halogens is 1. The molecule has 0 aliphatic heterocycles. The fourth-order valence-electron chi connectivity index (χ4n) is 2.02. The number of anilines is 1. The van der Waals surface area contributed by atoms with Crippen LogP contribution in [0.4, 0.5) is 5.69 Å². The van der Waals surface area contributed by atoms with E-state index in [2.05, 4.69) is 40.0 Å². The Bertz CT molecular complexity index is 749. The predicted octanol–water partition coefficient (Wildman–Crippen LogP) is 4.40. The summed E-state index contributed by atoms with van der Waals surface area (Å²) in [7, 11) is 0. The van der Waals surface area contributed by atoms with Gasteiger partial charge in [-0.1, -0.05) is 28.9 Å². The van der Waals surface area contributed by atoms with Crippen LogP contribution in [0.15, 0.2) is 45.3 Å². The van der Waals surface area contributed by atoms with Crippen LogP contribution in [0.1, 0.15) is 12.5 Å². The topological polar surface area (TPSA) is 52.0 Å². The van der Waals surface area contributed by atoms with Crippen molar-refractivity contribution in [1.29, 1.82) is 0 Å². The summed E-state index contributed by atoms with van der Waals surface area (Å²) in [5, 5.41) is 0. The molecule has 0 radical (unpaired) electrons. The van der Waals surface area contributed by atoms with Crippen LogP contribution in [-0.2, 0) is 6.42 Å². The standard InChI is InChI=1S/C15H13BrN2O/c1-2-9-3-6-14-13(7-9)18-15(19-14)11-8-10(16)4-5-12(11)17/h3-8H,2,17H2,1H3. The maximum Gasteiger partial charge on any atom is 0.229 e. The minimum absolute atomic E-state index is 0.557. The molecule has 0 aliphatic carbocycles. The highest BCUT2D eigenvalue weighted by Gasteiger charge is 2.11. The smallest absolute Gasteiger partial charge is 0.229 e. The molecule has 0 unspecified atom stereocenters. The molecule has 0 spiro atoms. The number of nitrogens with two attached hydrogens (primary N) is 1. The molecule has 2 N–H and O–H groups in total.